The molecule has 0 spiro atoms. The third kappa shape index (κ3) is 5.27. The summed E-state index contributed by atoms with van der Waals surface area (Å²) >= 11 is 0. The normalized spacial score (nSPS) is 22.2. The molecule has 0 aromatic carbocycles. The Morgan fingerprint density at radius 3 is 2.78 bits per heavy atom. The quantitative estimate of drug-likeness (QED) is 0.802. The molecule has 23 heavy (non-hydrogen) atoms. The van der Waals surface area contributed by atoms with Gasteiger partial charge in [0.2, 0.25) is 5.91 Å². The van der Waals surface area contributed by atoms with E-state index >= 15 is 0 Å². The molecule has 128 valence electrons. The molecular formula is C17H28N4O2. The minimum absolute atomic E-state index is 0.0293. The van der Waals surface area contributed by atoms with Crippen molar-refractivity contribution in [3.05, 3.63) is 30.1 Å². The van der Waals surface area contributed by atoms with Crippen molar-refractivity contribution in [1.82, 2.24) is 14.8 Å². The van der Waals surface area contributed by atoms with E-state index in [0.717, 1.165) is 19.5 Å². The Labute approximate surface area is 138 Å². The van der Waals surface area contributed by atoms with Crippen LogP contribution in [0.15, 0.2) is 24.5 Å². The van der Waals surface area contributed by atoms with Crippen molar-refractivity contribution in [2.75, 3.05) is 32.7 Å². The minimum Gasteiger partial charge on any atom is -0.388 e. The number of nitrogens with two attached hydrogens (primary N) is 1. The maximum absolute atomic E-state index is 11.8. The molecule has 1 amide bonds. The van der Waals surface area contributed by atoms with E-state index in [1.165, 1.54) is 5.56 Å². The van der Waals surface area contributed by atoms with Crippen molar-refractivity contribution in [2.24, 2.45) is 5.73 Å². The Morgan fingerprint density at radius 1 is 1.39 bits per heavy atom. The highest BCUT2D eigenvalue weighted by Crippen LogP contribution is 2.24. The number of rotatable bonds is 6. The van der Waals surface area contributed by atoms with Crippen LogP contribution in [0.25, 0.3) is 0 Å². The molecule has 0 aliphatic carbocycles. The summed E-state index contributed by atoms with van der Waals surface area (Å²) < 4.78 is 0. The van der Waals surface area contributed by atoms with Crippen molar-refractivity contribution in [2.45, 2.75) is 38.3 Å². The Balaban J connectivity index is 1.95. The monoisotopic (exact) mass is 320 g/mol. The van der Waals surface area contributed by atoms with E-state index in [2.05, 4.69) is 16.8 Å². The first kappa shape index (κ1) is 17.8. The number of likely N-dealkylation sites (tertiary alicyclic amines) is 1. The van der Waals surface area contributed by atoms with E-state index < -0.39 is 5.60 Å². The van der Waals surface area contributed by atoms with Gasteiger partial charge in [-0.25, -0.2) is 0 Å². The van der Waals surface area contributed by atoms with Gasteiger partial charge in [0.1, 0.15) is 0 Å². The van der Waals surface area contributed by atoms with Gasteiger partial charge >= 0.3 is 0 Å². The van der Waals surface area contributed by atoms with Crippen molar-refractivity contribution in [3.63, 3.8) is 0 Å². The molecule has 3 N–H and O–H groups in total. The minimum atomic E-state index is -0.743. The summed E-state index contributed by atoms with van der Waals surface area (Å²) in [6.07, 6.45) is 5.72. The van der Waals surface area contributed by atoms with Crippen molar-refractivity contribution >= 4 is 5.91 Å². The topological polar surface area (TPSA) is 82.7 Å². The van der Waals surface area contributed by atoms with Crippen LogP contribution >= 0.6 is 0 Å². The van der Waals surface area contributed by atoms with Crippen LogP contribution in [0.4, 0.5) is 0 Å². The van der Waals surface area contributed by atoms with Crippen molar-refractivity contribution in [3.8, 4) is 0 Å². The lowest BCUT2D eigenvalue weighted by atomic mass is 9.94. The molecule has 1 atom stereocenters. The smallest absolute Gasteiger partial charge is 0.236 e. The molecule has 0 bridgehead atoms. The van der Waals surface area contributed by atoms with E-state index in [-0.39, 0.29) is 12.5 Å². The van der Waals surface area contributed by atoms with Gasteiger partial charge in [0.25, 0.3) is 0 Å². The highest BCUT2D eigenvalue weighted by molar-refractivity contribution is 5.78. The molecule has 0 saturated carbocycles. The maximum atomic E-state index is 11.8. The molecule has 1 aliphatic heterocycles. The summed E-state index contributed by atoms with van der Waals surface area (Å²) in [6.45, 7) is 5.71. The molecule has 1 fully saturated rings. The third-order valence-corrected chi connectivity index (χ3v) is 4.57. The van der Waals surface area contributed by atoms with Gasteiger partial charge < -0.3 is 15.7 Å². The highest BCUT2D eigenvalue weighted by atomic mass is 16.3. The molecule has 1 aromatic rings. The molecule has 1 saturated heterocycles. The second kappa shape index (κ2) is 8.38. The number of aliphatic hydroxyl groups is 1. The molecule has 1 aromatic heterocycles. The van der Waals surface area contributed by atoms with Crippen LogP contribution in [0, 0.1) is 0 Å². The van der Waals surface area contributed by atoms with Crippen LogP contribution < -0.4 is 5.73 Å². The molecule has 6 nitrogen and oxygen atoms in total. The van der Waals surface area contributed by atoms with Gasteiger partial charge in [-0.2, -0.15) is 0 Å². The van der Waals surface area contributed by atoms with Crippen LogP contribution in [0.3, 0.4) is 0 Å². The number of amides is 1. The fourth-order valence-corrected chi connectivity index (χ4v) is 3.16. The number of carbonyl (C=O) groups is 1. The van der Waals surface area contributed by atoms with Gasteiger partial charge in [0.15, 0.2) is 0 Å². The molecule has 6 heteroatoms. The largest absolute Gasteiger partial charge is 0.388 e. The van der Waals surface area contributed by atoms with Crippen LogP contribution in [0.5, 0.6) is 0 Å². The standard InChI is InChI=1S/C17H28N4O2/c1-2-20(13-15-4-8-19-9-5-15)14-17(23)6-3-10-21(11-7-17)16(22)12-18/h4-5,8-9,23H,2-3,6-7,10-14,18H2,1H3/t17-/m1/s1. The zero-order valence-electron chi connectivity index (χ0n) is 13.9. The van der Waals surface area contributed by atoms with E-state index in [1.807, 2.05) is 12.1 Å². The average Bonchev–Trinajstić information content (AvgIpc) is 2.76. The van der Waals surface area contributed by atoms with Crippen LogP contribution in [0.1, 0.15) is 31.7 Å². The van der Waals surface area contributed by atoms with E-state index in [9.17, 15) is 9.90 Å². The second-order valence-corrected chi connectivity index (χ2v) is 6.32. The highest BCUT2D eigenvalue weighted by Gasteiger charge is 2.32. The molecule has 0 unspecified atom stereocenters. The first-order chi connectivity index (χ1) is 11.1. The molecule has 2 heterocycles. The van der Waals surface area contributed by atoms with E-state index in [1.54, 1.807) is 17.3 Å². The summed E-state index contributed by atoms with van der Waals surface area (Å²) in [6, 6.07) is 4.00. The fourth-order valence-electron chi connectivity index (χ4n) is 3.16. The average molecular weight is 320 g/mol. The van der Waals surface area contributed by atoms with Gasteiger partial charge in [-0.05, 0) is 43.5 Å². The van der Waals surface area contributed by atoms with Crippen LogP contribution in [0.2, 0.25) is 0 Å². The SMILES string of the molecule is CCN(Cc1ccncc1)C[C@@]1(O)CCCN(C(=O)CN)CC1. The summed E-state index contributed by atoms with van der Waals surface area (Å²) in [5.74, 6) is -0.0293. The molecule has 2 rings (SSSR count). The summed E-state index contributed by atoms with van der Waals surface area (Å²) in [5.41, 5.74) is 5.89. The lowest BCUT2D eigenvalue weighted by molar-refractivity contribution is -0.129. The van der Waals surface area contributed by atoms with Crippen molar-refractivity contribution in [1.29, 1.82) is 0 Å². The Hall–Kier alpha value is -1.50. The van der Waals surface area contributed by atoms with E-state index in [4.69, 9.17) is 5.73 Å². The van der Waals surface area contributed by atoms with Gasteiger partial charge in [0, 0.05) is 38.6 Å². The number of aromatic nitrogens is 1. The molecular weight excluding hydrogens is 292 g/mol. The number of hydrogen-bond acceptors (Lipinski definition) is 5. The summed E-state index contributed by atoms with van der Waals surface area (Å²) in [5, 5.41) is 11.0. The number of pyridine rings is 1. The Morgan fingerprint density at radius 2 is 2.13 bits per heavy atom. The summed E-state index contributed by atoms with van der Waals surface area (Å²) in [7, 11) is 0. The summed E-state index contributed by atoms with van der Waals surface area (Å²) in [4.78, 5) is 19.8. The predicted molar refractivity (Wildman–Crippen MR) is 89.6 cm³/mol. The third-order valence-electron chi connectivity index (χ3n) is 4.57. The first-order valence-corrected chi connectivity index (χ1v) is 8.38. The van der Waals surface area contributed by atoms with E-state index in [0.29, 0.717) is 32.5 Å². The lowest BCUT2D eigenvalue weighted by Gasteiger charge is -2.33. The first-order valence-electron chi connectivity index (χ1n) is 8.38. The Bertz CT molecular complexity index is 497. The van der Waals surface area contributed by atoms with Gasteiger partial charge in [-0.15, -0.1) is 0 Å². The zero-order valence-corrected chi connectivity index (χ0v) is 13.9. The number of likely N-dealkylation sites (N-methyl/N-ethyl adjacent to an activating group) is 1. The lowest BCUT2D eigenvalue weighted by Crippen LogP contribution is -2.44. The van der Waals surface area contributed by atoms with Gasteiger partial charge in [0.05, 0.1) is 12.1 Å². The molecule has 0 radical (unpaired) electrons. The van der Waals surface area contributed by atoms with Gasteiger partial charge in [-0.1, -0.05) is 6.92 Å². The van der Waals surface area contributed by atoms with Gasteiger partial charge in [-0.3, -0.25) is 14.7 Å². The Kier molecular flexibility index (Phi) is 6.50. The number of hydrogen-bond donors (Lipinski definition) is 2. The maximum Gasteiger partial charge on any atom is 0.236 e. The number of carbonyl (C=O) groups excluding carboxylic acids is 1. The number of nitrogens with zero attached hydrogens (tertiary/aromatic N) is 3. The zero-order chi connectivity index (χ0) is 16.7. The van der Waals surface area contributed by atoms with Crippen LogP contribution in [-0.4, -0.2) is 64.1 Å². The predicted octanol–water partition coefficient (Wildman–Crippen LogP) is 0.606. The van der Waals surface area contributed by atoms with Crippen LogP contribution in [-0.2, 0) is 11.3 Å². The van der Waals surface area contributed by atoms with Crippen molar-refractivity contribution < 1.29 is 9.90 Å². The second-order valence-electron chi connectivity index (χ2n) is 6.32. The fraction of sp³-hybridized carbons (Fsp3) is 0.647. The molecule has 1 aliphatic rings.